The van der Waals surface area contributed by atoms with Crippen molar-refractivity contribution in [2.45, 2.75) is 45.6 Å². The highest BCUT2D eigenvalue weighted by Crippen LogP contribution is 2.52. The molecule has 0 saturated carbocycles. The van der Waals surface area contributed by atoms with Crippen molar-refractivity contribution in [1.82, 2.24) is 14.5 Å². The van der Waals surface area contributed by atoms with Gasteiger partial charge in [0.2, 0.25) is 0 Å². The SMILES string of the molecule is Cc1c(N2c3ncccc3C(C)(C)C2C)c2c(c3ccccc13)-n1ccnc1C2. The van der Waals surface area contributed by atoms with Crippen LogP contribution in [0.1, 0.15) is 43.3 Å². The molecule has 29 heavy (non-hydrogen) atoms. The summed E-state index contributed by atoms with van der Waals surface area (Å²) in [6.45, 7) is 9.26. The van der Waals surface area contributed by atoms with Gasteiger partial charge >= 0.3 is 0 Å². The van der Waals surface area contributed by atoms with Crippen molar-refractivity contribution in [2.75, 3.05) is 4.90 Å². The maximum atomic E-state index is 4.85. The number of hydrogen-bond acceptors (Lipinski definition) is 3. The molecule has 1 unspecified atom stereocenters. The fourth-order valence-electron chi connectivity index (χ4n) is 5.36. The first kappa shape index (κ1) is 16.8. The van der Waals surface area contributed by atoms with Gasteiger partial charge in [-0.2, -0.15) is 0 Å². The molecular formula is C25H24N4. The Kier molecular flexibility index (Phi) is 3.17. The Morgan fingerprint density at radius 2 is 1.76 bits per heavy atom. The van der Waals surface area contributed by atoms with Crippen LogP contribution in [0.2, 0.25) is 0 Å². The Labute approximate surface area is 170 Å². The Balaban J connectivity index is 1.73. The van der Waals surface area contributed by atoms with Gasteiger partial charge in [-0.3, -0.25) is 0 Å². The third kappa shape index (κ3) is 1.99. The number of benzene rings is 2. The molecule has 2 aromatic heterocycles. The molecule has 6 rings (SSSR count). The fraction of sp³-hybridized carbons (Fsp3) is 0.280. The summed E-state index contributed by atoms with van der Waals surface area (Å²) in [5, 5.41) is 2.60. The van der Waals surface area contributed by atoms with Gasteiger partial charge in [-0.15, -0.1) is 0 Å². The van der Waals surface area contributed by atoms with Crippen molar-refractivity contribution >= 4 is 22.3 Å². The van der Waals surface area contributed by atoms with E-state index in [-0.39, 0.29) is 5.41 Å². The van der Waals surface area contributed by atoms with Gasteiger partial charge in [0.15, 0.2) is 0 Å². The van der Waals surface area contributed by atoms with Crippen LogP contribution in [0.4, 0.5) is 11.5 Å². The van der Waals surface area contributed by atoms with Crippen molar-refractivity contribution in [3.63, 3.8) is 0 Å². The van der Waals surface area contributed by atoms with Crippen LogP contribution in [-0.2, 0) is 11.8 Å². The summed E-state index contributed by atoms with van der Waals surface area (Å²) in [4.78, 5) is 12.0. The van der Waals surface area contributed by atoms with Crippen LogP contribution >= 0.6 is 0 Å². The number of nitrogens with zero attached hydrogens (tertiary/aromatic N) is 4. The van der Waals surface area contributed by atoms with Crippen LogP contribution in [0.25, 0.3) is 16.5 Å². The van der Waals surface area contributed by atoms with E-state index in [0.29, 0.717) is 6.04 Å². The monoisotopic (exact) mass is 380 g/mol. The summed E-state index contributed by atoms with van der Waals surface area (Å²) in [5.41, 5.74) is 6.63. The summed E-state index contributed by atoms with van der Waals surface area (Å²) in [6.07, 6.45) is 6.78. The third-order valence-electron chi connectivity index (χ3n) is 7.19. The fourth-order valence-corrected chi connectivity index (χ4v) is 5.36. The lowest BCUT2D eigenvalue weighted by Crippen LogP contribution is -2.37. The van der Waals surface area contributed by atoms with E-state index in [1.54, 1.807) is 0 Å². The number of fused-ring (bicyclic) bond motifs is 6. The van der Waals surface area contributed by atoms with Crippen LogP contribution in [0.5, 0.6) is 0 Å². The first-order valence-corrected chi connectivity index (χ1v) is 10.3. The molecule has 0 fully saturated rings. The van der Waals surface area contributed by atoms with Crippen molar-refractivity contribution in [2.24, 2.45) is 0 Å². The van der Waals surface area contributed by atoms with Gasteiger partial charge in [0.05, 0.1) is 11.4 Å². The van der Waals surface area contributed by atoms with Crippen molar-refractivity contribution in [3.05, 3.63) is 77.5 Å². The second kappa shape index (κ2) is 5.47. The topological polar surface area (TPSA) is 34.0 Å². The third-order valence-corrected chi connectivity index (χ3v) is 7.19. The molecule has 0 N–H and O–H groups in total. The van der Waals surface area contributed by atoms with Gasteiger partial charge in [-0.05, 0) is 30.9 Å². The van der Waals surface area contributed by atoms with E-state index in [1.807, 2.05) is 12.4 Å². The molecular weight excluding hydrogens is 356 g/mol. The molecule has 4 nitrogen and oxygen atoms in total. The van der Waals surface area contributed by atoms with Crippen molar-refractivity contribution < 1.29 is 0 Å². The largest absolute Gasteiger partial charge is 0.322 e. The Morgan fingerprint density at radius 3 is 2.59 bits per heavy atom. The highest BCUT2D eigenvalue weighted by Gasteiger charge is 2.45. The Bertz CT molecular complexity index is 1300. The molecule has 4 heterocycles. The van der Waals surface area contributed by atoms with Gasteiger partial charge in [-0.25, -0.2) is 9.97 Å². The summed E-state index contributed by atoms with van der Waals surface area (Å²) < 4.78 is 2.27. The van der Waals surface area contributed by atoms with Gasteiger partial charge in [0, 0.05) is 53.0 Å². The quantitative estimate of drug-likeness (QED) is 0.388. The summed E-state index contributed by atoms with van der Waals surface area (Å²) in [6, 6.07) is 13.4. The Hall–Kier alpha value is -3.14. The number of aryl methyl sites for hydroxylation is 1. The molecule has 2 aliphatic heterocycles. The Morgan fingerprint density at radius 1 is 0.966 bits per heavy atom. The number of anilines is 2. The van der Waals surface area contributed by atoms with Gasteiger partial charge in [0.25, 0.3) is 0 Å². The first-order chi connectivity index (χ1) is 14.0. The lowest BCUT2D eigenvalue weighted by molar-refractivity contribution is 0.461. The highest BCUT2D eigenvalue weighted by atomic mass is 15.3. The number of rotatable bonds is 1. The average Bonchev–Trinajstić information content (AvgIpc) is 3.36. The highest BCUT2D eigenvalue weighted by molar-refractivity contribution is 6.01. The van der Waals surface area contributed by atoms with Gasteiger partial charge in [0.1, 0.15) is 11.6 Å². The minimum absolute atomic E-state index is 0.0285. The van der Waals surface area contributed by atoms with Crippen LogP contribution in [0.3, 0.4) is 0 Å². The number of aromatic nitrogens is 3. The molecule has 0 saturated heterocycles. The first-order valence-electron chi connectivity index (χ1n) is 10.3. The molecule has 144 valence electrons. The van der Waals surface area contributed by atoms with Crippen LogP contribution in [-0.4, -0.2) is 20.6 Å². The molecule has 2 aromatic carbocycles. The predicted molar refractivity (Wildman–Crippen MR) is 117 cm³/mol. The summed E-state index contributed by atoms with van der Waals surface area (Å²) >= 11 is 0. The van der Waals surface area contributed by atoms with Crippen LogP contribution in [0.15, 0.2) is 55.0 Å². The molecule has 0 bridgehead atoms. The van der Waals surface area contributed by atoms with E-state index in [1.165, 1.54) is 38.8 Å². The van der Waals surface area contributed by atoms with Crippen molar-refractivity contribution in [1.29, 1.82) is 0 Å². The van der Waals surface area contributed by atoms with Crippen LogP contribution < -0.4 is 4.90 Å². The number of hydrogen-bond donors (Lipinski definition) is 0. The predicted octanol–water partition coefficient (Wildman–Crippen LogP) is 5.45. The van der Waals surface area contributed by atoms with Gasteiger partial charge in [-0.1, -0.05) is 44.2 Å². The maximum Gasteiger partial charge on any atom is 0.137 e. The zero-order chi connectivity index (χ0) is 19.9. The minimum Gasteiger partial charge on any atom is -0.322 e. The molecule has 0 amide bonds. The number of pyridine rings is 1. The second-order valence-corrected chi connectivity index (χ2v) is 8.88. The molecule has 4 heteroatoms. The maximum absolute atomic E-state index is 4.85. The van der Waals surface area contributed by atoms with E-state index in [0.717, 1.165) is 18.1 Å². The zero-order valence-corrected chi connectivity index (χ0v) is 17.3. The smallest absolute Gasteiger partial charge is 0.137 e. The van der Waals surface area contributed by atoms with Crippen LogP contribution in [0, 0.1) is 6.92 Å². The molecule has 4 aromatic rings. The molecule has 0 aliphatic carbocycles. The normalized spacial score (nSPS) is 18.8. The summed E-state index contributed by atoms with van der Waals surface area (Å²) in [5.74, 6) is 2.21. The summed E-state index contributed by atoms with van der Waals surface area (Å²) in [7, 11) is 0. The molecule has 0 radical (unpaired) electrons. The standard InChI is InChI=1S/C25H24N4/c1-15-17-8-5-6-9-18(17)23-19(14-21-26-12-13-28(21)23)22(15)29-16(2)25(3,4)20-10-7-11-27-24(20)29/h5-13,16H,14H2,1-4H3. The lowest BCUT2D eigenvalue weighted by Gasteiger charge is -2.33. The van der Waals surface area contributed by atoms with E-state index >= 15 is 0 Å². The second-order valence-electron chi connectivity index (χ2n) is 8.88. The average molecular weight is 380 g/mol. The van der Waals surface area contributed by atoms with Crippen molar-refractivity contribution in [3.8, 4) is 5.69 Å². The van der Waals surface area contributed by atoms with Gasteiger partial charge < -0.3 is 9.47 Å². The van der Waals surface area contributed by atoms with E-state index in [4.69, 9.17) is 4.98 Å². The van der Waals surface area contributed by atoms with E-state index in [9.17, 15) is 0 Å². The van der Waals surface area contributed by atoms with E-state index < -0.39 is 0 Å². The molecule has 1 atom stereocenters. The van der Waals surface area contributed by atoms with E-state index in [2.05, 4.69) is 84.7 Å². The minimum atomic E-state index is 0.0285. The lowest BCUT2D eigenvalue weighted by atomic mass is 9.82. The molecule has 0 spiro atoms. The zero-order valence-electron chi connectivity index (χ0n) is 17.3. The molecule has 2 aliphatic rings. The number of imidazole rings is 1.